The van der Waals surface area contributed by atoms with E-state index >= 15 is 0 Å². The molecule has 1 aliphatic heterocycles. The van der Waals surface area contributed by atoms with Crippen LogP contribution in [-0.4, -0.2) is 36.2 Å². The van der Waals surface area contributed by atoms with E-state index in [1.165, 1.54) is 6.92 Å². The van der Waals surface area contributed by atoms with Crippen LogP contribution < -0.4 is 5.32 Å². The van der Waals surface area contributed by atoms with E-state index in [1.54, 1.807) is 0 Å². The highest BCUT2D eigenvalue weighted by atomic mass is 19.4. The van der Waals surface area contributed by atoms with E-state index in [1.807, 2.05) is 0 Å². The number of alkyl halides is 3. The summed E-state index contributed by atoms with van der Waals surface area (Å²) in [5, 5.41) is 2.62. The fraction of sp³-hybridized carbons (Fsp3) is 0.833. The summed E-state index contributed by atoms with van der Waals surface area (Å²) in [6.07, 6.45) is -4.82. The zero-order valence-corrected chi connectivity index (χ0v) is 6.48. The topological polar surface area (TPSA) is 32.3 Å². The predicted octanol–water partition coefficient (Wildman–Crippen LogP) is 0.326. The lowest BCUT2D eigenvalue weighted by Crippen LogP contribution is -2.41. The molecule has 12 heavy (non-hydrogen) atoms. The van der Waals surface area contributed by atoms with Crippen molar-refractivity contribution in [2.45, 2.75) is 19.3 Å². The largest absolute Gasteiger partial charge is 0.406 e. The SMILES string of the molecule is CC1NCC(=O)N1CC(F)(F)F. The number of rotatable bonds is 1. The van der Waals surface area contributed by atoms with Gasteiger partial charge in [-0.15, -0.1) is 0 Å². The Bertz CT molecular complexity index is 192. The van der Waals surface area contributed by atoms with Crippen molar-refractivity contribution in [2.75, 3.05) is 13.1 Å². The van der Waals surface area contributed by atoms with Gasteiger partial charge < -0.3 is 4.90 Å². The van der Waals surface area contributed by atoms with Crippen molar-refractivity contribution in [3.05, 3.63) is 0 Å². The molecule has 0 spiro atoms. The fourth-order valence-corrected chi connectivity index (χ4v) is 1.08. The molecular formula is C6H9F3N2O. The van der Waals surface area contributed by atoms with E-state index in [2.05, 4.69) is 5.32 Å². The average molecular weight is 182 g/mol. The van der Waals surface area contributed by atoms with Gasteiger partial charge in [0, 0.05) is 0 Å². The zero-order valence-electron chi connectivity index (χ0n) is 6.48. The van der Waals surface area contributed by atoms with Crippen LogP contribution in [0.5, 0.6) is 0 Å². The van der Waals surface area contributed by atoms with Crippen LogP contribution in [-0.2, 0) is 4.79 Å². The van der Waals surface area contributed by atoms with E-state index in [-0.39, 0.29) is 6.54 Å². The van der Waals surface area contributed by atoms with E-state index in [9.17, 15) is 18.0 Å². The van der Waals surface area contributed by atoms with Crippen LogP contribution in [0, 0.1) is 0 Å². The van der Waals surface area contributed by atoms with Gasteiger partial charge in [0.15, 0.2) is 0 Å². The molecule has 0 aromatic rings. The van der Waals surface area contributed by atoms with Crippen molar-refractivity contribution in [1.29, 1.82) is 0 Å². The summed E-state index contributed by atoms with van der Waals surface area (Å²) in [6.45, 7) is 0.355. The first kappa shape index (κ1) is 9.31. The molecule has 1 saturated heterocycles. The number of halogens is 3. The lowest BCUT2D eigenvalue weighted by molar-refractivity contribution is -0.160. The van der Waals surface area contributed by atoms with Crippen molar-refractivity contribution in [3.63, 3.8) is 0 Å². The standard InChI is InChI=1S/C6H9F3N2O/c1-4-10-2-5(12)11(4)3-6(7,8)9/h4,10H,2-3H2,1H3. The molecule has 0 saturated carbocycles. The van der Waals surface area contributed by atoms with Crippen LogP contribution in [0.25, 0.3) is 0 Å². The van der Waals surface area contributed by atoms with E-state index < -0.39 is 24.8 Å². The van der Waals surface area contributed by atoms with Crippen LogP contribution in [0.1, 0.15) is 6.92 Å². The van der Waals surface area contributed by atoms with Gasteiger partial charge in [-0.3, -0.25) is 10.1 Å². The fourth-order valence-electron chi connectivity index (χ4n) is 1.08. The van der Waals surface area contributed by atoms with Crippen molar-refractivity contribution in [2.24, 2.45) is 0 Å². The number of hydrogen-bond acceptors (Lipinski definition) is 2. The summed E-state index contributed by atoms with van der Waals surface area (Å²) in [6, 6.07) is 0. The second-order valence-corrected chi connectivity index (χ2v) is 2.69. The minimum absolute atomic E-state index is 0.00273. The van der Waals surface area contributed by atoms with Crippen molar-refractivity contribution >= 4 is 5.91 Å². The van der Waals surface area contributed by atoms with Gasteiger partial charge in [-0.05, 0) is 6.92 Å². The molecule has 1 unspecified atom stereocenters. The predicted molar refractivity (Wildman–Crippen MR) is 35.2 cm³/mol. The number of nitrogens with one attached hydrogen (secondary N) is 1. The first-order chi connectivity index (χ1) is 5.40. The monoisotopic (exact) mass is 182 g/mol. The molecule has 0 radical (unpaired) electrons. The molecule has 1 atom stereocenters. The van der Waals surface area contributed by atoms with Gasteiger partial charge in [0.05, 0.1) is 12.7 Å². The van der Waals surface area contributed by atoms with Crippen molar-refractivity contribution < 1.29 is 18.0 Å². The number of hydrogen-bond donors (Lipinski definition) is 1. The molecule has 1 amide bonds. The maximum atomic E-state index is 11.8. The van der Waals surface area contributed by atoms with Crippen LogP contribution in [0.4, 0.5) is 13.2 Å². The third kappa shape index (κ3) is 2.10. The third-order valence-electron chi connectivity index (χ3n) is 1.69. The molecular weight excluding hydrogens is 173 g/mol. The maximum absolute atomic E-state index is 11.8. The molecule has 1 fully saturated rings. The molecule has 0 bridgehead atoms. The van der Waals surface area contributed by atoms with E-state index in [0.717, 1.165) is 4.90 Å². The minimum Gasteiger partial charge on any atom is -0.317 e. The number of carbonyl (C=O) groups excluding carboxylic acids is 1. The molecule has 3 nitrogen and oxygen atoms in total. The van der Waals surface area contributed by atoms with Crippen molar-refractivity contribution in [1.82, 2.24) is 10.2 Å². The number of nitrogens with zero attached hydrogens (tertiary/aromatic N) is 1. The molecule has 0 aromatic heterocycles. The normalized spacial score (nSPS) is 25.2. The Hall–Kier alpha value is -0.780. The Labute approximate surface area is 67.5 Å². The Morgan fingerprint density at radius 3 is 2.58 bits per heavy atom. The summed E-state index contributed by atoms with van der Waals surface area (Å²) in [5.74, 6) is -0.500. The highest BCUT2D eigenvalue weighted by molar-refractivity contribution is 5.80. The molecule has 1 rings (SSSR count). The second kappa shape index (κ2) is 2.93. The summed E-state index contributed by atoms with van der Waals surface area (Å²) < 4.78 is 35.5. The highest BCUT2D eigenvalue weighted by Gasteiger charge is 2.37. The Kier molecular flexibility index (Phi) is 2.27. The van der Waals surface area contributed by atoms with Gasteiger partial charge in [-0.25, -0.2) is 0 Å². The molecule has 1 heterocycles. The average Bonchev–Trinajstić information content (AvgIpc) is 2.16. The smallest absolute Gasteiger partial charge is 0.317 e. The Morgan fingerprint density at radius 2 is 2.25 bits per heavy atom. The molecule has 1 N–H and O–H groups in total. The minimum atomic E-state index is -4.31. The zero-order chi connectivity index (χ0) is 9.35. The van der Waals surface area contributed by atoms with Crippen LogP contribution in [0.3, 0.4) is 0 Å². The first-order valence-corrected chi connectivity index (χ1v) is 3.50. The lowest BCUT2D eigenvalue weighted by Gasteiger charge is -2.21. The molecule has 0 aliphatic carbocycles. The van der Waals surface area contributed by atoms with E-state index in [4.69, 9.17) is 0 Å². The van der Waals surface area contributed by atoms with Crippen molar-refractivity contribution in [3.8, 4) is 0 Å². The van der Waals surface area contributed by atoms with Gasteiger partial charge in [0.1, 0.15) is 6.54 Å². The van der Waals surface area contributed by atoms with E-state index in [0.29, 0.717) is 0 Å². The maximum Gasteiger partial charge on any atom is 0.406 e. The molecule has 1 aliphatic rings. The van der Waals surface area contributed by atoms with Crippen LogP contribution in [0.2, 0.25) is 0 Å². The van der Waals surface area contributed by atoms with Gasteiger partial charge >= 0.3 is 6.18 Å². The number of carbonyl (C=O) groups is 1. The molecule has 6 heteroatoms. The molecule has 70 valence electrons. The van der Waals surface area contributed by atoms with Gasteiger partial charge in [0.2, 0.25) is 5.91 Å². The summed E-state index contributed by atoms with van der Waals surface area (Å²) >= 11 is 0. The highest BCUT2D eigenvalue weighted by Crippen LogP contribution is 2.18. The Balaban J connectivity index is 2.56. The third-order valence-corrected chi connectivity index (χ3v) is 1.69. The summed E-state index contributed by atoms with van der Waals surface area (Å²) in [4.78, 5) is 11.6. The first-order valence-electron chi connectivity index (χ1n) is 3.50. The van der Waals surface area contributed by atoms with Gasteiger partial charge in [-0.1, -0.05) is 0 Å². The summed E-state index contributed by atoms with van der Waals surface area (Å²) in [7, 11) is 0. The molecule has 0 aromatic carbocycles. The summed E-state index contributed by atoms with van der Waals surface area (Å²) in [5.41, 5.74) is 0. The lowest BCUT2D eigenvalue weighted by atomic mass is 10.4. The van der Waals surface area contributed by atoms with Gasteiger partial charge in [0.25, 0.3) is 0 Å². The quantitative estimate of drug-likeness (QED) is 0.633. The number of amides is 1. The van der Waals surface area contributed by atoms with Crippen LogP contribution in [0.15, 0.2) is 0 Å². The Morgan fingerprint density at radius 1 is 1.67 bits per heavy atom. The second-order valence-electron chi connectivity index (χ2n) is 2.69. The van der Waals surface area contributed by atoms with Gasteiger partial charge in [-0.2, -0.15) is 13.2 Å². The van der Waals surface area contributed by atoms with Crippen LogP contribution >= 0.6 is 0 Å².